The Hall–Kier alpha value is -0.330. The number of hydrogen-bond donors (Lipinski definition) is 0. The molecule has 0 saturated carbocycles. The summed E-state index contributed by atoms with van der Waals surface area (Å²) in [7, 11) is -3.62. The van der Waals surface area contributed by atoms with Crippen molar-refractivity contribution in [3.05, 3.63) is 23.8 Å². The van der Waals surface area contributed by atoms with Crippen molar-refractivity contribution in [3.63, 3.8) is 0 Å². The van der Waals surface area contributed by atoms with Gasteiger partial charge in [0.05, 0.1) is 12.4 Å². The summed E-state index contributed by atoms with van der Waals surface area (Å²) >= 11 is 0. The van der Waals surface area contributed by atoms with Gasteiger partial charge in [0.2, 0.25) is 0 Å². The fraction of sp³-hybridized carbons (Fsp3) is 0.385. The van der Waals surface area contributed by atoms with E-state index in [0.29, 0.717) is 5.56 Å². The molecule has 2 rings (SSSR count). The number of carboxylic acid groups (broad SMARTS) is 2. The second-order valence-corrected chi connectivity index (χ2v) is 6.59. The molecule has 1 aliphatic rings. The predicted octanol–water partition coefficient (Wildman–Crippen LogP) is -8.43. The number of carbonyl (C=O) groups is 2. The zero-order valence-corrected chi connectivity index (χ0v) is 18.9. The van der Waals surface area contributed by atoms with Gasteiger partial charge in [-0.05, 0) is 31.0 Å². The van der Waals surface area contributed by atoms with E-state index in [9.17, 15) is 28.2 Å². The quantitative estimate of drug-likeness (QED) is 0.263. The van der Waals surface area contributed by atoms with Gasteiger partial charge in [-0.3, -0.25) is 4.18 Å². The van der Waals surface area contributed by atoms with Crippen LogP contribution in [0.4, 0.5) is 0 Å². The Morgan fingerprint density at radius 2 is 1.68 bits per heavy atom. The maximum Gasteiger partial charge on any atom is 1.00 e. The minimum Gasteiger partial charge on any atom is -0.542 e. The van der Waals surface area contributed by atoms with E-state index in [-0.39, 0.29) is 77.0 Å². The van der Waals surface area contributed by atoms with Crippen molar-refractivity contribution < 1.29 is 101 Å². The summed E-state index contributed by atoms with van der Waals surface area (Å²) in [5, 5.41) is 22.0. The fourth-order valence-electron chi connectivity index (χ4n) is 2.09. The maximum atomic E-state index is 11.0. The van der Waals surface area contributed by atoms with E-state index in [2.05, 4.69) is 0 Å². The van der Waals surface area contributed by atoms with Crippen molar-refractivity contribution in [2.24, 2.45) is 0 Å². The molecule has 1 aromatic rings. The van der Waals surface area contributed by atoms with Crippen molar-refractivity contribution in [3.8, 4) is 11.5 Å². The molecular weight excluding hydrogens is 378 g/mol. The van der Waals surface area contributed by atoms with Gasteiger partial charge in [0.15, 0.2) is 11.5 Å². The molecule has 25 heavy (non-hydrogen) atoms. The molecule has 0 N–H and O–H groups in total. The van der Waals surface area contributed by atoms with Crippen LogP contribution in [0.5, 0.6) is 11.5 Å². The molecule has 0 saturated heterocycles. The standard InChI is InChI=1S/C13H14O9S.2Na/c1-7(22-23(2,18)19)5-8-3-4-9-10(6-8)21-13(20-9,11(14)15)12(16)17;;/h3-4,6-7H,5H2,1-2H3,(H,14,15)(H,16,17);;/q;2*+1/p-2. The molecular formula is C13H12Na2O9S. The molecule has 0 fully saturated rings. The van der Waals surface area contributed by atoms with Gasteiger partial charge in [0.1, 0.15) is 11.9 Å². The molecule has 9 nitrogen and oxygen atoms in total. The molecule has 0 amide bonds. The van der Waals surface area contributed by atoms with Crippen LogP contribution in [0.2, 0.25) is 0 Å². The monoisotopic (exact) mass is 390 g/mol. The number of carbonyl (C=O) groups excluding carboxylic acids is 2. The maximum absolute atomic E-state index is 11.0. The van der Waals surface area contributed by atoms with Gasteiger partial charge in [0, 0.05) is 0 Å². The molecule has 0 aromatic heterocycles. The zero-order valence-electron chi connectivity index (χ0n) is 14.1. The third kappa shape index (κ3) is 5.83. The number of aliphatic carboxylic acids is 2. The third-order valence-electron chi connectivity index (χ3n) is 2.92. The van der Waals surface area contributed by atoms with Crippen LogP contribution in [0.1, 0.15) is 12.5 Å². The van der Waals surface area contributed by atoms with Gasteiger partial charge in [-0.25, -0.2) is 0 Å². The molecule has 1 atom stereocenters. The van der Waals surface area contributed by atoms with Crippen LogP contribution >= 0.6 is 0 Å². The number of fused-ring (bicyclic) bond motifs is 1. The summed E-state index contributed by atoms with van der Waals surface area (Å²) in [6.45, 7) is 1.53. The second kappa shape index (κ2) is 9.05. The van der Waals surface area contributed by atoms with Crippen molar-refractivity contribution in [1.82, 2.24) is 0 Å². The Morgan fingerprint density at radius 1 is 1.16 bits per heavy atom. The molecule has 1 aliphatic heterocycles. The average molecular weight is 390 g/mol. The first-order chi connectivity index (χ1) is 10.5. The first kappa shape index (κ1) is 24.7. The summed E-state index contributed by atoms with van der Waals surface area (Å²) in [5.41, 5.74) is 0.524. The first-order valence-corrected chi connectivity index (χ1v) is 8.17. The van der Waals surface area contributed by atoms with Gasteiger partial charge in [0.25, 0.3) is 10.1 Å². The van der Waals surface area contributed by atoms with Crippen molar-refractivity contribution in [2.45, 2.75) is 25.2 Å². The summed E-state index contributed by atoms with van der Waals surface area (Å²) in [6, 6.07) is 4.11. The van der Waals surface area contributed by atoms with Gasteiger partial charge < -0.3 is 29.3 Å². The van der Waals surface area contributed by atoms with Gasteiger partial charge in [-0.2, -0.15) is 8.42 Å². The summed E-state index contributed by atoms with van der Waals surface area (Å²) in [5.74, 6) is -7.51. The van der Waals surface area contributed by atoms with Gasteiger partial charge in [-0.15, -0.1) is 0 Å². The van der Waals surface area contributed by atoms with Crippen molar-refractivity contribution in [2.75, 3.05) is 6.26 Å². The van der Waals surface area contributed by atoms with E-state index >= 15 is 0 Å². The molecule has 126 valence electrons. The Kier molecular flexibility index (Phi) is 8.93. The molecule has 1 heterocycles. The molecule has 12 heteroatoms. The van der Waals surface area contributed by atoms with E-state index in [4.69, 9.17) is 13.7 Å². The van der Waals surface area contributed by atoms with Gasteiger partial charge in [-0.1, -0.05) is 6.07 Å². The van der Waals surface area contributed by atoms with Crippen LogP contribution in [-0.2, 0) is 30.3 Å². The third-order valence-corrected chi connectivity index (χ3v) is 3.59. The Morgan fingerprint density at radius 3 is 2.16 bits per heavy atom. The number of hydrogen-bond acceptors (Lipinski definition) is 9. The molecule has 1 unspecified atom stereocenters. The molecule has 0 spiro atoms. The van der Waals surface area contributed by atoms with Crippen molar-refractivity contribution in [1.29, 1.82) is 0 Å². The fourth-order valence-corrected chi connectivity index (χ4v) is 2.75. The zero-order chi connectivity index (χ0) is 17.4. The van der Waals surface area contributed by atoms with Crippen LogP contribution in [0.15, 0.2) is 18.2 Å². The number of ether oxygens (including phenoxy) is 2. The summed E-state index contributed by atoms with van der Waals surface area (Å²) in [4.78, 5) is 22.0. The van der Waals surface area contributed by atoms with Crippen LogP contribution < -0.4 is 78.8 Å². The molecule has 1 aromatic carbocycles. The molecule has 0 radical (unpaired) electrons. The van der Waals surface area contributed by atoms with E-state index < -0.39 is 33.9 Å². The smallest absolute Gasteiger partial charge is 0.542 e. The number of rotatable bonds is 6. The number of carboxylic acids is 2. The van der Waals surface area contributed by atoms with E-state index in [0.717, 1.165) is 6.26 Å². The van der Waals surface area contributed by atoms with Crippen LogP contribution in [0.3, 0.4) is 0 Å². The van der Waals surface area contributed by atoms with Crippen LogP contribution in [-0.4, -0.2) is 38.5 Å². The SMILES string of the molecule is CC(Cc1ccc2c(c1)OC(C(=O)[O-])(C(=O)[O-])O2)OS(C)(=O)=O.[Na+].[Na+]. The second-order valence-electron chi connectivity index (χ2n) is 4.99. The summed E-state index contributed by atoms with van der Waals surface area (Å²) in [6.07, 6.45) is 0.391. The average Bonchev–Trinajstić information content (AvgIpc) is 2.76. The largest absolute Gasteiger partial charge is 1.00 e. The predicted molar refractivity (Wildman–Crippen MR) is 69.5 cm³/mol. The van der Waals surface area contributed by atoms with Crippen molar-refractivity contribution >= 4 is 22.1 Å². The topological polar surface area (TPSA) is 142 Å². The summed E-state index contributed by atoms with van der Waals surface area (Å²) < 4.78 is 36.5. The van der Waals surface area contributed by atoms with E-state index in [1.54, 1.807) is 0 Å². The van der Waals surface area contributed by atoms with Gasteiger partial charge >= 0.3 is 64.9 Å². The van der Waals surface area contributed by atoms with Crippen LogP contribution in [0.25, 0.3) is 0 Å². The Balaban J connectivity index is 0.00000288. The van der Waals surface area contributed by atoms with Crippen LogP contribution in [0, 0.1) is 0 Å². The molecule has 0 bridgehead atoms. The normalized spacial score (nSPS) is 15.4. The number of benzene rings is 1. The Labute approximate surface area is 188 Å². The van der Waals surface area contributed by atoms with E-state index in [1.165, 1.54) is 25.1 Å². The first-order valence-electron chi connectivity index (χ1n) is 6.35. The Bertz CT molecular complexity index is 749. The minimum atomic E-state index is -3.62. The molecule has 0 aliphatic carbocycles. The minimum absolute atomic E-state index is 0. The van der Waals surface area contributed by atoms with E-state index in [1.807, 2.05) is 0 Å².